The van der Waals surface area contributed by atoms with Crippen molar-refractivity contribution in [1.29, 1.82) is 0 Å². The summed E-state index contributed by atoms with van der Waals surface area (Å²) in [6, 6.07) is 0.824. The molecule has 0 saturated heterocycles. The Morgan fingerprint density at radius 1 is 1.42 bits per heavy atom. The van der Waals surface area contributed by atoms with Crippen LogP contribution in [0.1, 0.15) is 19.3 Å². The Labute approximate surface area is 79.8 Å². The van der Waals surface area contributed by atoms with E-state index in [9.17, 15) is 0 Å². The van der Waals surface area contributed by atoms with Gasteiger partial charge in [0.2, 0.25) is 0 Å². The summed E-state index contributed by atoms with van der Waals surface area (Å²) in [5.74, 6) is 0.604. The van der Waals surface area contributed by atoms with Crippen LogP contribution in [0.3, 0.4) is 0 Å². The Hall–Kier alpha value is 0.210. The first-order valence-electron chi connectivity index (χ1n) is 4.68. The minimum Gasteiger partial charge on any atom is -0.379 e. The van der Waals surface area contributed by atoms with Gasteiger partial charge in [-0.15, -0.1) is 11.6 Å². The summed E-state index contributed by atoms with van der Waals surface area (Å²) in [5, 5.41) is 0. The molecule has 0 aromatic rings. The molecule has 1 aliphatic carbocycles. The van der Waals surface area contributed by atoms with E-state index in [1.165, 1.54) is 19.3 Å². The molecular weight excluding hydrogens is 174 g/mol. The van der Waals surface area contributed by atoms with Crippen molar-refractivity contribution < 1.29 is 4.74 Å². The van der Waals surface area contributed by atoms with E-state index in [-0.39, 0.29) is 0 Å². The Kier molecular flexibility index (Phi) is 4.96. The number of ether oxygens (including phenoxy) is 1. The molecular formula is C9H18ClNO. The SMILES string of the molecule is CN(CCOCCCl)C1CCC1. The van der Waals surface area contributed by atoms with E-state index >= 15 is 0 Å². The van der Waals surface area contributed by atoms with Gasteiger partial charge in [0.25, 0.3) is 0 Å². The van der Waals surface area contributed by atoms with Gasteiger partial charge in [0.1, 0.15) is 0 Å². The van der Waals surface area contributed by atoms with Crippen LogP contribution in [0.25, 0.3) is 0 Å². The lowest BCUT2D eigenvalue weighted by Crippen LogP contribution is -2.39. The summed E-state index contributed by atoms with van der Waals surface area (Å²) in [6.07, 6.45) is 4.13. The second-order valence-electron chi connectivity index (χ2n) is 3.37. The maximum atomic E-state index is 5.48. The highest BCUT2D eigenvalue weighted by Gasteiger charge is 2.21. The van der Waals surface area contributed by atoms with E-state index in [1.54, 1.807) is 0 Å². The molecule has 0 bridgehead atoms. The zero-order valence-electron chi connectivity index (χ0n) is 7.76. The highest BCUT2D eigenvalue weighted by atomic mass is 35.5. The first kappa shape index (κ1) is 10.3. The van der Waals surface area contributed by atoms with Gasteiger partial charge in [-0.05, 0) is 19.9 Å². The number of rotatable bonds is 6. The van der Waals surface area contributed by atoms with Gasteiger partial charge in [0, 0.05) is 18.5 Å². The third-order valence-electron chi connectivity index (χ3n) is 2.51. The van der Waals surface area contributed by atoms with Gasteiger partial charge in [-0.25, -0.2) is 0 Å². The van der Waals surface area contributed by atoms with E-state index < -0.39 is 0 Å². The molecule has 2 nitrogen and oxygen atoms in total. The number of halogens is 1. The molecule has 0 unspecified atom stereocenters. The quantitative estimate of drug-likeness (QED) is 0.469. The smallest absolute Gasteiger partial charge is 0.0602 e. The van der Waals surface area contributed by atoms with Crippen molar-refractivity contribution >= 4 is 11.6 Å². The molecule has 1 saturated carbocycles. The fourth-order valence-electron chi connectivity index (χ4n) is 1.38. The van der Waals surface area contributed by atoms with Crippen LogP contribution in [0.2, 0.25) is 0 Å². The van der Waals surface area contributed by atoms with Crippen molar-refractivity contribution in [3.05, 3.63) is 0 Å². The number of hydrogen-bond acceptors (Lipinski definition) is 2. The number of nitrogens with zero attached hydrogens (tertiary/aromatic N) is 1. The van der Waals surface area contributed by atoms with Gasteiger partial charge >= 0.3 is 0 Å². The van der Waals surface area contributed by atoms with Crippen molar-refractivity contribution in [3.8, 4) is 0 Å². The van der Waals surface area contributed by atoms with Crippen LogP contribution in [0, 0.1) is 0 Å². The van der Waals surface area contributed by atoms with Crippen molar-refractivity contribution in [3.63, 3.8) is 0 Å². The maximum absolute atomic E-state index is 5.48. The summed E-state index contributed by atoms with van der Waals surface area (Å²) >= 11 is 5.48. The van der Waals surface area contributed by atoms with Crippen LogP contribution >= 0.6 is 11.6 Å². The Morgan fingerprint density at radius 3 is 2.67 bits per heavy atom. The Bertz CT molecular complexity index is 117. The number of likely N-dealkylation sites (N-methyl/N-ethyl adjacent to an activating group) is 1. The third-order valence-corrected chi connectivity index (χ3v) is 2.66. The topological polar surface area (TPSA) is 12.5 Å². The zero-order valence-corrected chi connectivity index (χ0v) is 8.52. The summed E-state index contributed by atoms with van der Waals surface area (Å²) < 4.78 is 5.30. The van der Waals surface area contributed by atoms with Crippen LogP contribution in [0.15, 0.2) is 0 Å². The standard InChI is InChI=1S/C9H18ClNO/c1-11(9-3-2-4-9)6-8-12-7-5-10/h9H,2-8H2,1H3. The monoisotopic (exact) mass is 191 g/mol. The highest BCUT2D eigenvalue weighted by molar-refractivity contribution is 6.17. The molecule has 0 spiro atoms. The first-order valence-corrected chi connectivity index (χ1v) is 5.22. The Morgan fingerprint density at radius 2 is 2.17 bits per heavy atom. The summed E-state index contributed by atoms with van der Waals surface area (Å²) in [6.45, 7) is 2.54. The lowest BCUT2D eigenvalue weighted by molar-refractivity contribution is 0.0870. The summed E-state index contributed by atoms with van der Waals surface area (Å²) in [7, 11) is 2.17. The predicted octanol–water partition coefficient (Wildman–Crippen LogP) is 1.73. The molecule has 0 aliphatic heterocycles. The van der Waals surface area contributed by atoms with Gasteiger partial charge in [0.15, 0.2) is 0 Å². The lowest BCUT2D eigenvalue weighted by atomic mass is 9.92. The van der Waals surface area contributed by atoms with Crippen LogP contribution in [0.4, 0.5) is 0 Å². The van der Waals surface area contributed by atoms with Crippen molar-refractivity contribution in [2.24, 2.45) is 0 Å². The molecule has 1 rings (SSSR count). The normalized spacial score (nSPS) is 18.2. The second kappa shape index (κ2) is 5.79. The maximum Gasteiger partial charge on any atom is 0.0602 e. The van der Waals surface area contributed by atoms with Crippen molar-refractivity contribution in [2.75, 3.05) is 32.7 Å². The molecule has 0 atom stereocenters. The molecule has 0 radical (unpaired) electrons. The first-order chi connectivity index (χ1) is 5.84. The average Bonchev–Trinajstić information content (AvgIpc) is 1.95. The predicted molar refractivity (Wildman–Crippen MR) is 51.8 cm³/mol. The van der Waals surface area contributed by atoms with E-state index in [1.807, 2.05) is 0 Å². The third kappa shape index (κ3) is 3.30. The average molecular weight is 192 g/mol. The fourth-order valence-corrected chi connectivity index (χ4v) is 1.48. The van der Waals surface area contributed by atoms with E-state index in [0.717, 1.165) is 19.2 Å². The molecule has 0 N–H and O–H groups in total. The molecule has 0 heterocycles. The van der Waals surface area contributed by atoms with Crippen LogP contribution in [-0.2, 0) is 4.74 Å². The van der Waals surface area contributed by atoms with Crippen LogP contribution in [-0.4, -0.2) is 43.6 Å². The van der Waals surface area contributed by atoms with E-state index in [2.05, 4.69) is 11.9 Å². The minimum absolute atomic E-state index is 0.604. The highest BCUT2D eigenvalue weighted by Crippen LogP contribution is 2.22. The number of alkyl halides is 1. The van der Waals surface area contributed by atoms with Gasteiger partial charge in [0.05, 0.1) is 13.2 Å². The van der Waals surface area contributed by atoms with Crippen molar-refractivity contribution in [1.82, 2.24) is 4.90 Å². The molecule has 3 heteroatoms. The van der Waals surface area contributed by atoms with Crippen molar-refractivity contribution in [2.45, 2.75) is 25.3 Å². The lowest BCUT2D eigenvalue weighted by Gasteiger charge is -2.34. The number of hydrogen-bond donors (Lipinski definition) is 0. The summed E-state index contributed by atoms with van der Waals surface area (Å²) in [4.78, 5) is 2.39. The van der Waals surface area contributed by atoms with Crippen LogP contribution < -0.4 is 0 Å². The molecule has 0 aromatic carbocycles. The zero-order chi connectivity index (χ0) is 8.81. The van der Waals surface area contributed by atoms with Gasteiger partial charge in [-0.2, -0.15) is 0 Å². The molecule has 12 heavy (non-hydrogen) atoms. The molecule has 0 amide bonds. The molecule has 72 valence electrons. The molecule has 0 aromatic heterocycles. The molecule has 1 fully saturated rings. The van der Waals surface area contributed by atoms with E-state index in [4.69, 9.17) is 16.3 Å². The largest absolute Gasteiger partial charge is 0.379 e. The fraction of sp³-hybridized carbons (Fsp3) is 1.00. The van der Waals surface area contributed by atoms with Crippen LogP contribution in [0.5, 0.6) is 0 Å². The van der Waals surface area contributed by atoms with Gasteiger partial charge in [-0.3, -0.25) is 0 Å². The summed E-state index contributed by atoms with van der Waals surface area (Å²) in [5.41, 5.74) is 0. The second-order valence-corrected chi connectivity index (χ2v) is 3.74. The van der Waals surface area contributed by atoms with E-state index in [0.29, 0.717) is 12.5 Å². The molecule has 1 aliphatic rings. The minimum atomic E-state index is 0.604. The van der Waals surface area contributed by atoms with Gasteiger partial charge in [-0.1, -0.05) is 6.42 Å². The van der Waals surface area contributed by atoms with Gasteiger partial charge < -0.3 is 9.64 Å². The Balaban J connectivity index is 1.91.